The molecule has 8 heteroatoms. The van der Waals surface area contributed by atoms with Crippen LogP contribution >= 0.6 is 0 Å². The van der Waals surface area contributed by atoms with Crippen LogP contribution in [-0.4, -0.2) is 49.6 Å². The van der Waals surface area contributed by atoms with E-state index in [1.165, 1.54) is 23.0 Å². The Morgan fingerprint density at radius 2 is 2.08 bits per heavy atom. The molecule has 0 bridgehead atoms. The second kappa shape index (κ2) is 6.12. The van der Waals surface area contributed by atoms with Crippen LogP contribution < -0.4 is 4.74 Å². The van der Waals surface area contributed by atoms with Crippen molar-refractivity contribution in [3.63, 3.8) is 0 Å². The molecular weight excluding hydrogens is 325 g/mol. The molecule has 3 heterocycles. The van der Waals surface area contributed by atoms with Crippen molar-refractivity contribution in [1.82, 2.24) is 24.5 Å². The highest BCUT2D eigenvalue weighted by atomic mass is 19.1. The molecule has 0 radical (unpaired) electrons. The summed E-state index contributed by atoms with van der Waals surface area (Å²) < 4.78 is 20.4. The van der Waals surface area contributed by atoms with E-state index in [9.17, 15) is 9.18 Å². The lowest BCUT2D eigenvalue weighted by molar-refractivity contribution is -0.139. The average Bonchev–Trinajstić information content (AvgIpc) is 3.00. The van der Waals surface area contributed by atoms with Crippen LogP contribution in [0.2, 0.25) is 0 Å². The van der Waals surface area contributed by atoms with Gasteiger partial charge in [0.2, 0.25) is 11.8 Å². The van der Waals surface area contributed by atoms with Crippen LogP contribution in [0.5, 0.6) is 5.88 Å². The first kappa shape index (κ1) is 15.5. The lowest BCUT2D eigenvalue weighted by Crippen LogP contribution is -2.56. The number of hydrogen-bond donors (Lipinski definition) is 0. The van der Waals surface area contributed by atoms with E-state index in [4.69, 9.17) is 4.74 Å². The van der Waals surface area contributed by atoms with Crippen molar-refractivity contribution in [1.29, 1.82) is 0 Å². The number of ether oxygens (including phenoxy) is 1. The van der Waals surface area contributed by atoms with E-state index in [1.807, 2.05) is 6.92 Å². The highest BCUT2D eigenvalue weighted by Gasteiger charge is 2.32. The molecule has 1 amide bonds. The third kappa shape index (κ3) is 3.15. The zero-order valence-electron chi connectivity index (χ0n) is 13.6. The Balaban J connectivity index is 1.36. The van der Waals surface area contributed by atoms with Gasteiger partial charge in [-0.05, 0) is 24.6 Å². The molecule has 4 rings (SSSR count). The van der Waals surface area contributed by atoms with Crippen molar-refractivity contribution in [2.45, 2.75) is 19.4 Å². The topological polar surface area (TPSA) is 72.6 Å². The lowest BCUT2D eigenvalue weighted by atomic mass is 10.1. The summed E-state index contributed by atoms with van der Waals surface area (Å²) in [5.74, 6) is 0.748. The van der Waals surface area contributed by atoms with Crippen LogP contribution in [0.25, 0.3) is 5.78 Å². The van der Waals surface area contributed by atoms with Crippen LogP contribution in [0, 0.1) is 12.7 Å². The molecule has 0 aliphatic carbocycles. The molecule has 7 nitrogen and oxygen atoms in total. The Bertz CT molecular complexity index is 918. The van der Waals surface area contributed by atoms with Crippen molar-refractivity contribution in [2.75, 3.05) is 13.1 Å². The number of hydrogen-bond acceptors (Lipinski definition) is 5. The number of likely N-dealkylation sites (tertiary alicyclic amines) is 1. The van der Waals surface area contributed by atoms with E-state index in [2.05, 4.69) is 15.1 Å². The SMILES string of the molecule is Cc1cc(OC2CN(C(=O)Cc3ccc(F)cc3)C2)n2ncnc2n1. The first-order valence-corrected chi connectivity index (χ1v) is 7.95. The van der Waals surface area contributed by atoms with Gasteiger partial charge in [0.1, 0.15) is 18.2 Å². The number of aromatic nitrogens is 4. The Morgan fingerprint density at radius 3 is 2.84 bits per heavy atom. The number of amides is 1. The van der Waals surface area contributed by atoms with Crippen molar-refractivity contribution in [3.05, 3.63) is 53.7 Å². The van der Waals surface area contributed by atoms with E-state index in [0.717, 1.165) is 11.3 Å². The molecule has 3 aromatic rings. The second-order valence-electron chi connectivity index (χ2n) is 6.05. The van der Waals surface area contributed by atoms with E-state index < -0.39 is 0 Å². The molecule has 0 spiro atoms. The summed E-state index contributed by atoms with van der Waals surface area (Å²) in [6.45, 7) is 2.88. The lowest BCUT2D eigenvalue weighted by Gasteiger charge is -2.38. The molecule has 128 valence electrons. The fourth-order valence-electron chi connectivity index (χ4n) is 2.76. The molecule has 1 aromatic carbocycles. The zero-order chi connectivity index (χ0) is 17.4. The largest absolute Gasteiger partial charge is 0.470 e. The summed E-state index contributed by atoms with van der Waals surface area (Å²) in [6.07, 6.45) is 1.59. The Hall–Kier alpha value is -3.03. The number of rotatable bonds is 4. The number of fused-ring (bicyclic) bond motifs is 1. The van der Waals surface area contributed by atoms with Gasteiger partial charge in [0.05, 0.1) is 19.5 Å². The first-order chi connectivity index (χ1) is 12.1. The molecule has 1 aliphatic heterocycles. The fraction of sp³-hybridized carbons (Fsp3) is 0.294. The molecule has 0 unspecified atom stereocenters. The van der Waals surface area contributed by atoms with Crippen molar-refractivity contribution in [2.24, 2.45) is 0 Å². The van der Waals surface area contributed by atoms with E-state index in [0.29, 0.717) is 24.7 Å². The molecule has 1 saturated heterocycles. The predicted octanol–water partition coefficient (Wildman–Crippen LogP) is 1.40. The maximum atomic E-state index is 12.9. The summed E-state index contributed by atoms with van der Waals surface area (Å²) in [5, 5.41) is 4.10. The average molecular weight is 341 g/mol. The number of carbonyl (C=O) groups excluding carboxylic acids is 1. The molecule has 1 aliphatic rings. The molecule has 25 heavy (non-hydrogen) atoms. The van der Waals surface area contributed by atoms with Crippen LogP contribution in [0.15, 0.2) is 36.7 Å². The standard InChI is InChI=1S/C17H16FN5O2/c1-11-6-16(23-17(21-11)19-10-20-23)25-14-8-22(9-14)15(24)7-12-2-4-13(18)5-3-12/h2-6,10,14H,7-9H2,1H3. The van der Waals surface area contributed by atoms with Gasteiger partial charge in [-0.2, -0.15) is 14.6 Å². The van der Waals surface area contributed by atoms with E-state index in [1.54, 1.807) is 23.1 Å². The van der Waals surface area contributed by atoms with Crippen LogP contribution in [0.3, 0.4) is 0 Å². The van der Waals surface area contributed by atoms with Crippen LogP contribution in [0.4, 0.5) is 4.39 Å². The summed E-state index contributed by atoms with van der Waals surface area (Å²) in [7, 11) is 0. The number of aryl methyl sites for hydroxylation is 1. The van der Waals surface area contributed by atoms with Gasteiger partial charge in [0.25, 0.3) is 5.78 Å². The first-order valence-electron chi connectivity index (χ1n) is 7.95. The summed E-state index contributed by atoms with van der Waals surface area (Å²) in [6, 6.07) is 7.77. The number of carbonyl (C=O) groups is 1. The number of benzene rings is 1. The zero-order valence-corrected chi connectivity index (χ0v) is 13.6. The van der Waals surface area contributed by atoms with Gasteiger partial charge < -0.3 is 9.64 Å². The molecule has 0 N–H and O–H groups in total. The normalized spacial score (nSPS) is 14.6. The van der Waals surface area contributed by atoms with E-state index in [-0.39, 0.29) is 24.2 Å². The third-order valence-electron chi connectivity index (χ3n) is 4.10. The van der Waals surface area contributed by atoms with Crippen LogP contribution in [-0.2, 0) is 11.2 Å². The monoisotopic (exact) mass is 341 g/mol. The maximum Gasteiger partial charge on any atom is 0.255 e. The number of halogens is 1. The Labute approximate surface area is 143 Å². The van der Waals surface area contributed by atoms with E-state index >= 15 is 0 Å². The Morgan fingerprint density at radius 1 is 1.32 bits per heavy atom. The summed E-state index contributed by atoms with van der Waals surface area (Å²) in [4.78, 5) is 22.3. The Kier molecular flexibility index (Phi) is 3.79. The molecule has 0 atom stereocenters. The smallest absolute Gasteiger partial charge is 0.255 e. The van der Waals surface area contributed by atoms with Gasteiger partial charge in [0.15, 0.2) is 0 Å². The summed E-state index contributed by atoms with van der Waals surface area (Å²) in [5.41, 5.74) is 1.59. The van der Waals surface area contributed by atoms with Crippen molar-refractivity contribution >= 4 is 11.7 Å². The highest BCUT2D eigenvalue weighted by molar-refractivity contribution is 5.79. The highest BCUT2D eigenvalue weighted by Crippen LogP contribution is 2.20. The van der Waals surface area contributed by atoms with Gasteiger partial charge in [-0.3, -0.25) is 4.79 Å². The van der Waals surface area contributed by atoms with Crippen LogP contribution in [0.1, 0.15) is 11.3 Å². The second-order valence-corrected chi connectivity index (χ2v) is 6.05. The van der Waals surface area contributed by atoms with Gasteiger partial charge in [-0.1, -0.05) is 12.1 Å². The maximum absolute atomic E-state index is 12.9. The minimum Gasteiger partial charge on any atom is -0.470 e. The van der Waals surface area contributed by atoms with Gasteiger partial charge in [-0.25, -0.2) is 9.37 Å². The summed E-state index contributed by atoms with van der Waals surface area (Å²) >= 11 is 0. The number of nitrogens with zero attached hydrogens (tertiary/aromatic N) is 5. The van der Waals surface area contributed by atoms with Gasteiger partial charge in [-0.15, -0.1) is 0 Å². The van der Waals surface area contributed by atoms with Crippen molar-refractivity contribution in [3.8, 4) is 5.88 Å². The minimum atomic E-state index is -0.305. The molecular formula is C17H16FN5O2. The quantitative estimate of drug-likeness (QED) is 0.717. The fourth-order valence-corrected chi connectivity index (χ4v) is 2.76. The van der Waals surface area contributed by atoms with Crippen molar-refractivity contribution < 1.29 is 13.9 Å². The molecule has 1 fully saturated rings. The predicted molar refractivity (Wildman–Crippen MR) is 86.6 cm³/mol. The minimum absolute atomic E-state index is 0.00303. The molecule has 0 saturated carbocycles. The third-order valence-corrected chi connectivity index (χ3v) is 4.10. The van der Waals surface area contributed by atoms with Gasteiger partial charge in [0, 0.05) is 11.8 Å². The molecule has 2 aromatic heterocycles. The van der Waals surface area contributed by atoms with Gasteiger partial charge >= 0.3 is 0 Å².